The van der Waals surface area contributed by atoms with E-state index in [-0.39, 0.29) is 30.5 Å². The number of ether oxygens (including phenoxy) is 2. The van der Waals surface area contributed by atoms with Crippen LogP contribution in [0.5, 0.6) is 5.75 Å². The summed E-state index contributed by atoms with van der Waals surface area (Å²) in [5.41, 5.74) is 3.40. The molecule has 5 atom stereocenters. The fourth-order valence-corrected chi connectivity index (χ4v) is 4.95. The lowest BCUT2D eigenvalue weighted by Gasteiger charge is -2.42. The number of carbonyl (C=O) groups is 1. The van der Waals surface area contributed by atoms with E-state index >= 15 is 0 Å². The Hall–Kier alpha value is -2.40. The van der Waals surface area contributed by atoms with Gasteiger partial charge in [-0.3, -0.25) is 4.79 Å². The topological polar surface area (TPSA) is 111 Å². The van der Waals surface area contributed by atoms with Crippen molar-refractivity contribution >= 4 is 46.4 Å². The first-order chi connectivity index (χ1) is 19.4. The van der Waals surface area contributed by atoms with Gasteiger partial charge in [-0.2, -0.15) is 0 Å². The number of nitrogens with zero attached hydrogens (tertiary/aromatic N) is 1. The van der Waals surface area contributed by atoms with Gasteiger partial charge in [-0.1, -0.05) is 90.3 Å². The molecule has 0 bridgehead atoms. The van der Waals surface area contributed by atoms with E-state index in [0.29, 0.717) is 29.9 Å². The molecule has 0 saturated carbocycles. The lowest BCUT2D eigenvalue weighted by Crippen LogP contribution is -2.44. The zero-order chi connectivity index (χ0) is 29.7. The molecule has 8 nitrogen and oxygen atoms in total. The van der Waals surface area contributed by atoms with Crippen LogP contribution in [-0.4, -0.2) is 56.2 Å². The number of phenols is 1. The van der Waals surface area contributed by atoms with Crippen molar-refractivity contribution < 1.29 is 29.6 Å². The van der Waals surface area contributed by atoms with Gasteiger partial charge in [0.05, 0.1) is 24.9 Å². The summed E-state index contributed by atoms with van der Waals surface area (Å²) in [5.74, 6) is -0.778. The van der Waals surface area contributed by atoms with Crippen molar-refractivity contribution in [3.63, 3.8) is 0 Å². The third-order valence-corrected chi connectivity index (χ3v) is 7.54. The van der Waals surface area contributed by atoms with Gasteiger partial charge in [0.25, 0.3) is 9.70 Å². The maximum absolute atomic E-state index is 12.2. The van der Waals surface area contributed by atoms with Gasteiger partial charge < -0.3 is 35.0 Å². The first kappa shape index (κ1) is 31.5. The van der Waals surface area contributed by atoms with Crippen molar-refractivity contribution in [2.45, 2.75) is 41.9 Å². The van der Waals surface area contributed by atoms with E-state index in [1.165, 1.54) is 0 Å². The standard InChI is InChI=1S/C30H33Cl3N2O6/c1-18-26(16-35(2)15-25(38)21-5-4-8-24(37)14-21)40-28(41-27(18)20-11-9-19(17-36)10-12-20)22-6-3-7-23(13-22)34-29(39)30(31,32)33/h3-14,18,25-28,36-38H,15-17H2,1-2H3,(H,34,39). The monoisotopic (exact) mass is 622 g/mol. The van der Waals surface area contributed by atoms with E-state index in [4.69, 9.17) is 44.3 Å². The summed E-state index contributed by atoms with van der Waals surface area (Å²) < 4.78 is 10.8. The van der Waals surface area contributed by atoms with Crippen LogP contribution < -0.4 is 5.32 Å². The molecular formula is C30H33Cl3N2O6. The number of halogens is 3. The Bertz CT molecular complexity index is 1320. The number of anilines is 1. The van der Waals surface area contributed by atoms with Crippen molar-refractivity contribution in [1.29, 1.82) is 0 Å². The highest BCUT2D eigenvalue weighted by atomic mass is 35.6. The van der Waals surface area contributed by atoms with E-state index in [0.717, 1.165) is 11.1 Å². The van der Waals surface area contributed by atoms with Crippen molar-refractivity contribution in [1.82, 2.24) is 4.90 Å². The molecule has 1 amide bonds. The largest absolute Gasteiger partial charge is 0.508 e. The summed E-state index contributed by atoms with van der Waals surface area (Å²) >= 11 is 17.1. The molecule has 1 heterocycles. The van der Waals surface area contributed by atoms with Crippen LogP contribution in [0.2, 0.25) is 0 Å². The molecule has 0 spiro atoms. The Morgan fingerprint density at radius 2 is 1.73 bits per heavy atom. The molecule has 0 aliphatic carbocycles. The van der Waals surface area contributed by atoms with Crippen molar-refractivity contribution in [3.05, 3.63) is 95.1 Å². The molecule has 220 valence electrons. The van der Waals surface area contributed by atoms with Crippen LogP contribution in [0.15, 0.2) is 72.8 Å². The van der Waals surface area contributed by atoms with Crippen LogP contribution in [-0.2, 0) is 20.9 Å². The normalized spacial score (nSPS) is 22.0. The van der Waals surface area contributed by atoms with E-state index in [1.807, 2.05) is 49.2 Å². The van der Waals surface area contributed by atoms with Gasteiger partial charge >= 0.3 is 0 Å². The molecule has 1 aliphatic heterocycles. The Balaban J connectivity index is 1.56. The number of aromatic hydroxyl groups is 1. The number of rotatable bonds is 9. The predicted octanol–water partition coefficient (Wildman–Crippen LogP) is 5.65. The van der Waals surface area contributed by atoms with Gasteiger partial charge in [0.15, 0.2) is 6.29 Å². The average Bonchev–Trinajstić information content (AvgIpc) is 2.94. The van der Waals surface area contributed by atoms with Gasteiger partial charge in [-0.15, -0.1) is 0 Å². The van der Waals surface area contributed by atoms with Crippen LogP contribution in [0, 0.1) is 5.92 Å². The Labute approximate surface area is 254 Å². The smallest absolute Gasteiger partial charge is 0.276 e. The molecule has 1 aliphatic rings. The lowest BCUT2D eigenvalue weighted by atomic mass is 9.90. The van der Waals surface area contributed by atoms with Crippen LogP contribution in [0.3, 0.4) is 0 Å². The van der Waals surface area contributed by atoms with Gasteiger partial charge in [-0.05, 0) is 48.0 Å². The highest BCUT2D eigenvalue weighted by molar-refractivity contribution is 6.76. The van der Waals surface area contributed by atoms with Crippen molar-refractivity contribution in [2.75, 3.05) is 25.5 Å². The molecule has 0 radical (unpaired) electrons. The number of aliphatic hydroxyl groups excluding tert-OH is 2. The fourth-order valence-electron chi connectivity index (χ4n) is 4.81. The van der Waals surface area contributed by atoms with Gasteiger partial charge in [-0.25, -0.2) is 0 Å². The molecule has 1 saturated heterocycles. The van der Waals surface area contributed by atoms with Crippen LogP contribution >= 0.6 is 34.8 Å². The minimum absolute atomic E-state index is 0.0608. The molecule has 3 aromatic rings. The number of hydrogen-bond acceptors (Lipinski definition) is 7. The molecule has 4 N–H and O–H groups in total. The van der Waals surface area contributed by atoms with Crippen LogP contribution in [0.1, 0.15) is 47.7 Å². The summed E-state index contributed by atoms with van der Waals surface area (Å²) in [7, 11) is 1.89. The number of carbonyl (C=O) groups excluding carboxylic acids is 1. The number of likely N-dealkylation sites (N-methyl/N-ethyl adjacent to an activating group) is 1. The molecule has 11 heteroatoms. The maximum atomic E-state index is 12.2. The third-order valence-electron chi connectivity index (χ3n) is 7.03. The van der Waals surface area contributed by atoms with Crippen LogP contribution in [0.4, 0.5) is 5.69 Å². The number of phenolic OH excluding ortho intramolecular Hbond substituents is 1. The molecule has 1 fully saturated rings. The van der Waals surface area contributed by atoms with Gasteiger partial charge in [0.1, 0.15) is 5.75 Å². The number of alkyl halides is 3. The SMILES string of the molecule is CC1C(CN(C)CC(O)c2cccc(O)c2)OC(c2cccc(NC(=O)C(Cl)(Cl)Cl)c2)OC1c1ccc(CO)cc1. The fraction of sp³-hybridized carbons (Fsp3) is 0.367. The molecule has 41 heavy (non-hydrogen) atoms. The Morgan fingerprint density at radius 1 is 1.02 bits per heavy atom. The first-order valence-corrected chi connectivity index (χ1v) is 14.2. The quantitative estimate of drug-likeness (QED) is 0.228. The van der Waals surface area contributed by atoms with Crippen molar-refractivity contribution in [3.8, 4) is 5.75 Å². The lowest BCUT2D eigenvalue weighted by molar-refractivity contribution is -0.276. The summed E-state index contributed by atoms with van der Waals surface area (Å²) in [6, 6.07) is 21.1. The van der Waals surface area contributed by atoms with E-state index in [1.54, 1.807) is 42.5 Å². The highest BCUT2D eigenvalue weighted by Crippen LogP contribution is 2.42. The average molecular weight is 624 g/mol. The van der Waals surface area contributed by atoms with Crippen LogP contribution in [0.25, 0.3) is 0 Å². The first-order valence-electron chi connectivity index (χ1n) is 13.1. The summed E-state index contributed by atoms with van der Waals surface area (Å²) in [5, 5.41) is 32.6. The number of hydrogen-bond donors (Lipinski definition) is 4. The number of benzene rings is 3. The van der Waals surface area contributed by atoms with Gasteiger partial charge in [0, 0.05) is 30.3 Å². The minimum atomic E-state index is -2.12. The predicted molar refractivity (Wildman–Crippen MR) is 159 cm³/mol. The highest BCUT2D eigenvalue weighted by Gasteiger charge is 2.39. The molecule has 3 aromatic carbocycles. The second kappa shape index (κ2) is 13.7. The second-order valence-electron chi connectivity index (χ2n) is 10.2. The molecule has 5 unspecified atom stereocenters. The molecule has 4 rings (SSSR count). The van der Waals surface area contributed by atoms with Crippen molar-refractivity contribution in [2.24, 2.45) is 5.92 Å². The molecule has 0 aromatic heterocycles. The maximum Gasteiger partial charge on any atom is 0.276 e. The van der Waals surface area contributed by atoms with E-state index in [2.05, 4.69) is 5.32 Å². The van der Waals surface area contributed by atoms with Gasteiger partial charge in [0.2, 0.25) is 0 Å². The molecular weight excluding hydrogens is 591 g/mol. The van der Waals surface area contributed by atoms with E-state index < -0.39 is 22.1 Å². The summed E-state index contributed by atoms with van der Waals surface area (Å²) in [4.78, 5) is 14.2. The number of aliphatic hydroxyl groups is 2. The second-order valence-corrected chi connectivity index (χ2v) is 12.5. The summed E-state index contributed by atoms with van der Waals surface area (Å²) in [6.07, 6.45) is -2.25. The Morgan fingerprint density at radius 3 is 2.39 bits per heavy atom. The summed E-state index contributed by atoms with van der Waals surface area (Å²) in [6.45, 7) is 2.78. The van der Waals surface area contributed by atoms with E-state index in [9.17, 15) is 20.1 Å². The number of amides is 1. The zero-order valence-corrected chi connectivity index (χ0v) is 24.9. The Kier molecular flexibility index (Phi) is 10.5. The third kappa shape index (κ3) is 8.34. The minimum Gasteiger partial charge on any atom is -0.508 e. The number of nitrogens with one attached hydrogen (secondary N) is 1. The zero-order valence-electron chi connectivity index (χ0n) is 22.6.